The molecule has 0 saturated heterocycles. The van der Waals surface area contributed by atoms with Crippen LogP contribution in [0.5, 0.6) is 0 Å². The molecule has 186 valence electrons. The molecule has 0 amide bonds. The maximum absolute atomic E-state index is 4.97. The average Bonchev–Trinajstić information content (AvgIpc) is 3.54. The maximum atomic E-state index is 4.97. The summed E-state index contributed by atoms with van der Waals surface area (Å²) in [5, 5.41) is 9.83. The molecule has 0 aliphatic rings. The number of hydrogen-bond acceptors (Lipinski definition) is 1. The van der Waals surface area contributed by atoms with E-state index in [9.17, 15) is 0 Å². The molecule has 40 heavy (non-hydrogen) atoms. The lowest BCUT2D eigenvalue weighted by Crippen LogP contribution is -1.98. The zero-order valence-electron chi connectivity index (χ0n) is 21.6. The zero-order valence-corrected chi connectivity index (χ0v) is 21.6. The van der Waals surface area contributed by atoms with Gasteiger partial charge in [-0.1, -0.05) is 97.1 Å². The lowest BCUT2D eigenvalue weighted by atomic mass is 10.0. The highest BCUT2D eigenvalue weighted by molar-refractivity contribution is 6.27. The third-order valence-electron chi connectivity index (χ3n) is 8.32. The number of fused-ring (bicyclic) bond motifs is 10. The Hall–Kier alpha value is -5.41. The van der Waals surface area contributed by atoms with Gasteiger partial charge in [-0.25, -0.2) is 4.98 Å². The fourth-order valence-corrected chi connectivity index (χ4v) is 6.62. The Morgan fingerprint density at radius 1 is 0.425 bits per heavy atom. The molecule has 0 spiro atoms. The molecule has 3 heterocycles. The van der Waals surface area contributed by atoms with Crippen LogP contribution in [0, 0.1) is 0 Å². The summed E-state index contributed by atoms with van der Waals surface area (Å²) in [7, 11) is 0. The second-order valence-corrected chi connectivity index (χ2v) is 10.4. The summed E-state index contributed by atoms with van der Waals surface area (Å²) in [5.41, 5.74) is 5.96. The Morgan fingerprint density at radius 2 is 1.05 bits per heavy atom. The fourth-order valence-electron chi connectivity index (χ4n) is 6.62. The Kier molecular flexibility index (Phi) is 4.33. The topological polar surface area (TPSA) is 22.8 Å². The van der Waals surface area contributed by atoms with Gasteiger partial charge in [0.2, 0.25) is 0 Å². The predicted molar refractivity (Wildman–Crippen MR) is 168 cm³/mol. The Labute approximate surface area is 230 Å². The fraction of sp³-hybridized carbons (Fsp3) is 0. The molecule has 3 nitrogen and oxygen atoms in total. The van der Waals surface area contributed by atoms with Crippen LogP contribution in [0.4, 0.5) is 0 Å². The Bertz CT molecular complexity index is 2430. The normalized spacial score (nSPS) is 12.0. The maximum Gasteiger partial charge on any atom is 0.138 e. The van der Waals surface area contributed by atoms with Crippen LogP contribution in [-0.4, -0.2) is 14.1 Å². The van der Waals surface area contributed by atoms with Crippen LogP contribution in [0.25, 0.3) is 76.7 Å². The van der Waals surface area contributed by atoms with Crippen LogP contribution in [-0.2, 0) is 0 Å². The summed E-state index contributed by atoms with van der Waals surface area (Å²) in [6, 6.07) is 47.9. The second kappa shape index (κ2) is 8.05. The predicted octanol–water partition coefficient (Wildman–Crippen LogP) is 9.58. The lowest BCUT2D eigenvalue weighted by Gasteiger charge is -2.11. The van der Waals surface area contributed by atoms with Crippen molar-refractivity contribution in [2.75, 3.05) is 0 Å². The van der Waals surface area contributed by atoms with Crippen molar-refractivity contribution in [1.29, 1.82) is 0 Å². The summed E-state index contributed by atoms with van der Waals surface area (Å²) in [6.45, 7) is 0. The largest absolute Gasteiger partial charge is 0.309 e. The summed E-state index contributed by atoms with van der Waals surface area (Å²) >= 11 is 0. The molecular formula is C37H23N3. The second-order valence-electron chi connectivity index (χ2n) is 10.4. The number of benzene rings is 6. The van der Waals surface area contributed by atoms with Crippen LogP contribution in [0.3, 0.4) is 0 Å². The zero-order chi connectivity index (χ0) is 26.2. The molecule has 3 heteroatoms. The number of hydrogen-bond donors (Lipinski definition) is 0. The van der Waals surface area contributed by atoms with Crippen molar-refractivity contribution in [3.8, 4) is 11.5 Å². The number of aromatic nitrogens is 3. The molecule has 0 saturated carbocycles. The number of nitrogens with zero attached hydrogens (tertiary/aromatic N) is 3. The van der Waals surface area contributed by atoms with Crippen molar-refractivity contribution < 1.29 is 0 Å². The van der Waals surface area contributed by atoms with Gasteiger partial charge in [-0.2, -0.15) is 0 Å². The first-order chi connectivity index (χ1) is 19.9. The lowest BCUT2D eigenvalue weighted by molar-refractivity contribution is 1.09. The number of para-hydroxylation sites is 3. The van der Waals surface area contributed by atoms with E-state index in [1.807, 2.05) is 6.20 Å². The van der Waals surface area contributed by atoms with E-state index in [0.717, 1.165) is 11.2 Å². The molecule has 3 aromatic heterocycles. The average molecular weight is 510 g/mol. The summed E-state index contributed by atoms with van der Waals surface area (Å²) in [4.78, 5) is 4.97. The Morgan fingerprint density at radius 3 is 1.90 bits per heavy atom. The van der Waals surface area contributed by atoms with Gasteiger partial charge in [0.25, 0.3) is 0 Å². The quantitative estimate of drug-likeness (QED) is 0.227. The van der Waals surface area contributed by atoms with Gasteiger partial charge in [-0.3, -0.25) is 4.57 Å². The van der Waals surface area contributed by atoms with E-state index in [1.54, 1.807) is 0 Å². The van der Waals surface area contributed by atoms with Crippen LogP contribution >= 0.6 is 0 Å². The van der Waals surface area contributed by atoms with Gasteiger partial charge in [0, 0.05) is 44.2 Å². The highest BCUT2D eigenvalue weighted by Gasteiger charge is 2.19. The Balaban J connectivity index is 1.46. The summed E-state index contributed by atoms with van der Waals surface area (Å²) < 4.78 is 4.73. The van der Waals surface area contributed by atoms with Gasteiger partial charge in [0.05, 0.1) is 22.1 Å². The number of pyridine rings is 1. The first-order valence-electron chi connectivity index (χ1n) is 13.7. The molecule has 0 atom stereocenters. The number of rotatable bonds is 2. The van der Waals surface area contributed by atoms with Gasteiger partial charge in [-0.15, -0.1) is 0 Å². The first kappa shape index (κ1) is 21.5. The van der Waals surface area contributed by atoms with Crippen molar-refractivity contribution in [2.24, 2.45) is 0 Å². The van der Waals surface area contributed by atoms with Gasteiger partial charge in [0.15, 0.2) is 0 Å². The summed E-state index contributed by atoms with van der Waals surface area (Å²) in [6.07, 6.45) is 1.99. The van der Waals surface area contributed by atoms with E-state index in [-0.39, 0.29) is 0 Å². The highest BCUT2D eigenvalue weighted by atomic mass is 15.1. The molecular weight excluding hydrogens is 486 g/mol. The van der Waals surface area contributed by atoms with Crippen LogP contribution < -0.4 is 0 Å². The third kappa shape index (κ3) is 2.86. The molecule has 0 aliphatic heterocycles. The van der Waals surface area contributed by atoms with E-state index in [1.165, 1.54) is 65.5 Å². The van der Waals surface area contributed by atoms with Crippen LogP contribution in [0.2, 0.25) is 0 Å². The van der Waals surface area contributed by atoms with Crippen LogP contribution in [0.1, 0.15) is 0 Å². The van der Waals surface area contributed by atoms with Crippen molar-refractivity contribution >= 4 is 65.2 Å². The molecule has 0 bridgehead atoms. The first-order valence-corrected chi connectivity index (χ1v) is 13.7. The van der Waals surface area contributed by atoms with E-state index >= 15 is 0 Å². The molecule has 0 unspecified atom stereocenters. The highest BCUT2D eigenvalue weighted by Crippen LogP contribution is 2.42. The third-order valence-corrected chi connectivity index (χ3v) is 8.32. The van der Waals surface area contributed by atoms with Crippen molar-refractivity contribution in [3.05, 3.63) is 140 Å². The van der Waals surface area contributed by atoms with Gasteiger partial charge < -0.3 is 4.57 Å². The van der Waals surface area contributed by atoms with E-state index in [4.69, 9.17) is 4.98 Å². The van der Waals surface area contributed by atoms with Crippen molar-refractivity contribution in [1.82, 2.24) is 14.1 Å². The van der Waals surface area contributed by atoms with Gasteiger partial charge in [-0.05, 0) is 47.2 Å². The van der Waals surface area contributed by atoms with Crippen molar-refractivity contribution in [3.63, 3.8) is 0 Å². The molecule has 0 N–H and O–H groups in total. The minimum absolute atomic E-state index is 0.934. The van der Waals surface area contributed by atoms with Gasteiger partial charge in [0.1, 0.15) is 5.82 Å². The molecule has 9 aromatic rings. The van der Waals surface area contributed by atoms with E-state index in [0.29, 0.717) is 0 Å². The van der Waals surface area contributed by atoms with Gasteiger partial charge >= 0.3 is 0 Å². The molecule has 6 aromatic carbocycles. The minimum atomic E-state index is 0.934. The minimum Gasteiger partial charge on any atom is -0.309 e. The SMILES string of the molecule is c1ccc(-n2c3ccccc3c3c4ccc5c6ccccc6n(-c6cc7ccccc7cn6)c5c4ccc32)cc1. The van der Waals surface area contributed by atoms with E-state index in [2.05, 4.69) is 143 Å². The van der Waals surface area contributed by atoms with Crippen molar-refractivity contribution in [2.45, 2.75) is 0 Å². The smallest absolute Gasteiger partial charge is 0.138 e. The molecule has 0 fully saturated rings. The molecule has 0 aliphatic carbocycles. The van der Waals surface area contributed by atoms with E-state index < -0.39 is 0 Å². The molecule has 9 rings (SSSR count). The van der Waals surface area contributed by atoms with Crippen LogP contribution in [0.15, 0.2) is 140 Å². The monoisotopic (exact) mass is 509 g/mol. The summed E-state index contributed by atoms with van der Waals surface area (Å²) in [5.74, 6) is 0.934. The standard InChI is InChI=1S/C37H23N3/c1-2-12-26(13-3-1)39-33-17-9-7-15-31(33)36-28-18-19-29-27-14-6-8-16-32(27)40(37(29)30(28)20-21-34(36)39)35-22-24-10-4-5-11-25(24)23-38-35/h1-23H. The molecule has 0 radical (unpaired) electrons.